The van der Waals surface area contributed by atoms with Crippen LogP contribution in [0.1, 0.15) is 13.8 Å². The van der Waals surface area contributed by atoms with Crippen molar-refractivity contribution in [3.63, 3.8) is 0 Å². The number of nitriles is 1. The molecule has 0 saturated heterocycles. The van der Waals surface area contributed by atoms with Gasteiger partial charge < -0.3 is 20.5 Å². The van der Waals surface area contributed by atoms with Gasteiger partial charge in [-0.15, -0.1) is 0 Å². The number of carbonyl (C=O) groups excluding carboxylic acids is 1. The first kappa shape index (κ1) is 16.5. The summed E-state index contributed by atoms with van der Waals surface area (Å²) in [6.45, 7) is 3.38. The van der Waals surface area contributed by atoms with Crippen molar-refractivity contribution in [3.05, 3.63) is 36.0 Å². The smallest absolute Gasteiger partial charge is 0.267 e. The van der Waals surface area contributed by atoms with Crippen LogP contribution < -0.4 is 15.4 Å². The largest absolute Gasteiger partial charge is 0.497 e. The van der Waals surface area contributed by atoms with Gasteiger partial charge in [0.15, 0.2) is 0 Å². The van der Waals surface area contributed by atoms with Crippen molar-refractivity contribution in [2.75, 3.05) is 19.0 Å². The zero-order valence-corrected chi connectivity index (χ0v) is 12.3. The quantitative estimate of drug-likeness (QED) is 0.543. The fourth-order valence-electron chi connectivity index (χ4n) is 1.33. The van der Waals surface area contributed by atoms with Gasteiger partial charge in [-0.25, -0.2) is 0 Å². The Kier molecular flexibility index (Phi) is 5.76. The van der Waals surface area contributed by atoms with Gasteiger partial charge in [0.2, 0.25) is 0 Å². The minimum absolute atomic E-state index is 0.0765. The Morgan fingerprint density at radius 3 is 2.52 bits per heavy atom. The molecule has 3 N–H and O–H groups in total. The Morgan fingerprint density at radius 1 is 1.43 bits per heavy atom. The van der Waals surface area contributed by atoms with Crippen LogP contribution in [0.25, 0.3) is 0 Å². The molecule has 112 valence electrons. The highest BCUT2D eigenvalue weighted by atomic mass is 16.5. The van der Waals surface area contributed by atoms with E-state index in [0.29, 0.717) is 11.4 Å². The van der Waals surface area contributed by atoms with E-state index in [2.05, 4.69) is 10.6 Å². The first-order chi connectivity index (χ1) is 9.91. The van der Waals surface area contributed by atoms with Crippen LogP contribution in [-0.2, 0) is 4.79 Å². The fraction of sp³-hybridized carbons (Fsp3) is 0.333. The van der Waals surface area contributed by atoms with Crippen LogP contribution in [0.5, 0.6) is 5.75 Å². The Labute approximate surface area is 124 Å². The topological polar surface area (TPSA) is 94.4 Å². The molecule has 0 heterocycles. The molecular weight excluding hydrogens is 270 g/mol. The standard InChI is InChI=1S/C15H19N3O3/c1-15(2,10-19)17-9-11(8-16)14(20)18-12-4-6-13(21-3)7-5-12/h4-7,9,17,19H,10H2,1-3H3,(H,18,20)/b11-9-. The molecule has 0 radical (unpaired) electrons. The molecule has 1 amide bonds. The monoisotopic (exact) mass is 289 g/mol. The van der Waals surface area contributed by atoms with E-state index in [-0.39, 0.29) is 12.2 Å². The minimum atomic E-state index is -0.609. The number of nitrogens with one attached hydrogen (secondary N) is 2. The van der Waals surface area contributed by atoms with E-state index in [1.165, 1.54) is 6.20 Å². The number of nitrogens with zero attached hydrogens (tertiary/aromatic N) is 1. The average Bonchev–Trinajstić information content (AvgIpc) is 2.48. The molecule has 0 aromatic heterocycles. The zero-order chi connectivity index (χ0) is 15.9. The molecule has 0 saturated carbocycles. The van der Waals surface area contributed by atoms with Crippen molar-refractivity contribution in [3.8, 4) is 11.8 Å². The molecule has 0 fully saturated rings. The lowest BCUT2D eigenvalue weighted by Crippen LogP contribution is -2.39. The van der Waals surface area contributed by atoms with Gasteiger partial charge in [0.25, 0.3) is 5.91 Å². The molecule has 0 aliphatic heterocycles. The van der Waals surface area contributed by atoms with Crippen LogP contribution in [0, 0.1) is 11.3 Å². The van der Waals surface area contributed by atoms with E-state index in [4.69, 9.17) is 15.1 Å². The van der Waals surface area contributed by atoms with Crippen LogP contribution in [0.4, 0.5) is 5.69 Å². The molecule has 1 aromatic carbocycles. The number of hydrogen-bond donors (Lipinski definition) is 3. The lowest BCUT2D eigenvalue weighted by atomic mass is 10.1. The second-order valence-electron chi connectivity index (χ2n) is 5.04. The Morgan fingerprint density at radius 2 is 2.05 bits per heavy atom. The lowest BCUT2D eigenvalue weighted by Gasteiger charge is -2.22. The maximum Gasteiger partial charge on any atom is 0.267 e. The SMILES string of the molecule is COc1ccc(NC(=O)/C(C#N)=C\NC(C)(C)CO)cc1. The third-order valence-corrected chi connectivity index (χ3v) is 2.72. The number of aliphatic hydroxyl groups is 1. The van der Waals surface area contributed by atoms with Gasteiger partial charge in [-0.1, -0.05) is 0 Å². The van der Waals surface area contributed by atoms with Crippen LogP contribution in [0.15, 0.2) is 36.0 Å². The molecule has 0 spiro atoms. The van der Waals surface area contributed by atoms with E-state index in [9.17, 15) is 4.79 Å². The zero-order valence-electron chi connectivity index (χ0n) is 12.3. The van der Waals surface area contributed by atoms with Crippen molar-refractivity contribution < 1.29 is 14.6 Å². The Hall–Kier alpha value is -2.52. The summed E-state index contributed by atoms with van der Waals surface area (Å²) in [7, 11) is 1.55. The Bertz CT molecular complexity index is 557. The summed E-state index contributed by atoms with van der Waals surface area (Å²) in [5.74, 6) is 0.152. The minimum Gasteiger partial charge on any atom is -0.497 e. The summed E-state index contributed by atoms with van der Waals surface area (Å²) in [6, 6.07) is 8.59. The van der Waals surface area contributed by atoms with Gasteiger partial charge in [-0.05, 0) is 38.1 Å². The molecule has 0 atom stereocenters. The van der Waals surface area contributed by atoms with Crippen molar-refractivity contribution in [1.82, 2.24) is 5.32 Å². The molecule has 21 heavy (non-hydrogen) atoms. The predicted molar refractivity (Wildman–Crippen MR) is 79.6 cm³/mol. The van der Waals surface area contributed by atoms with Crippen molar-refractivity contribution in [2.24, 2.45) is 0 Å². The number of benzene rings is 1. The second-order valence-corrected chi connectivity index (χ2v) is 5.04. The summed E-state index contributed by atoms with van der Waals surface area (Å²) in [4.78, 5) is 12.0. The molecule has 0 aliphatic rings. The molecule has 0 aliphatic carbocycles. The third kappa shape index (κ3) is 5.16. The first-order valence-corrected chi connectivity index (χ1v) is 6.36. The number of amides is 1. The summed E-state index contributed by atoms with van der Waals surface area (Å²) >= 11 is 0. The van der Waals surface area contributed by atoms with E-state index < -0.39 is 11.4 Å². The third-order valence-electron chi connectivity index (χ3n) is 2.72. The molecule has 1 aromatic rings. The number of carbonyl (C=O) groups is 1. The lowest BCUT2D eigenvalue weighted by molar-refractivity contribution is -0.112. The number of methoxy groups -OCH3 is 1. The highest BCUT2D eigenvalue weighted by molar-refractivity contribution is 6.06. The predicted octanol–water partition coefficient (Wildman–Crippen LogP) is 1.40. The Balaban J connectivity index is 2.75. The van der Waals surface area contributed by atoms with Crippen molar-refractivity contribution in [1.29, 1.82) is 5.26 Å². The highest BCUT2D eigenvalue weighted by Gasteiger charge is 2.16. The second kappa shape index (κ2) is 7.31. The van der Waals surface area contributed by atoms with Crippen molar-refractivity contribution in [2.45, 2.75) is 19.4 Å². The van der Waals surface area contributed by atoms with E-state index in [1.54, 1.807) is 45.2 Å². The number of rotatable bonds is 6. The van der Waals surface area contributed by atoms with E-state index in [0.717, 1.165) is 0 Å². The van der Waals surface area contributed by atoms with Crippen LogP contribution in [0.2, 0.25) is 0 Å². The fourth-order valence-corrected chi connectivity index (χ4v) is 1.33. The number of anilines is 1. The average molecular weight is 289 g/mol. The van der Waals surface area contributed by atoms with Gasteiger partial charge in [0.1, 0.15) is 17.4 Å². The van der Waals surface area contributed by atoms with Gasteiger partial charge in [-0.2, -0.15) is 5.26 Å². The summed E-state index contributed by atoms with van der Waals surface area (Å²) in [6.07, 6.45) is 1.30. The van der Waals surface area contributed by atoms with Gasteiger partial charge >= 0.3 is 0 Å². The van der Waals surface area contributed by atoms with Crippen LogP contribution in [0.3, 0.4) is 0 Å². The summed E-state index contributed by atoms with van der Waals surface area (Å²) < 4.78 is 5.02. The summed E-state index contributed by atoms with van der Waals surface area (Å²) in [5.41, 5.74) is -0.126. The number of aliphatic hydroxyl groups excluding tert-OH is 1. The normalized spacial score (nSPS) is 11.5. The number of ether oxygens (including phenoxy) is 1. The number of hydrogen-bond acceptors (Lipinski definition) is 5. The van der Waals surface area contributed by atoms with Gasteiger partial charge in [0, 0.05) is 11.9 Å². The molecule has 6 heteroatoms. The molecule has 0 unspecified atom stereocenters. The van der Waals surface area contributed by atoms with Crippen LogP contribution >= 0.6 is 0 Å². The molecule has 0 bridgehead atoms. The molecule has 6 nitrogen and oxygen atoms in total. The van der Waals surface area contributed by atoms with Gasteiger partial charge in [0.05, 0.1) is 19.3 Å². The first-order valence-electron chi connectivity index (χ1n) is 6.36. The van der Waals surface area contributed by atoms with Gasteiger partial charge in [-0.3, -0.25) is 4.79 Å². The molecular formula is C15H19N3O3. The summed E-state index contributed by atoms with van der Waals surface area (Å²) in [5, 5.41) is 23.6. The maximum absolute atomic E-state index is 12.0. The van der Waals surface area contributed by atoms with Crippen molar-refractivity contribution >= 4 is 11.6 Å². The maximum atomic E-state index is 12.0. The molecule has 1 rings (SSSR count). The van der Waals surface area contributed by atoms with E-state index >= 15 is 0 Å². The van der Waals surface area contributed by atoms with Crippen LogP contribution in [-0.4, -0.2) is 30.3 Å². The van der Waals surface area contributed by atoms with E-state index in [1.807, 2.05) is 6.07 Å². The highest BCUT2D eigenvalue weighted by Crippen LogP contribution is 2.15.